The van der Waals surface area contributed by atoms with Crippen LogP contribution < -0.4 is 9.64 Å². The van der Waals surface area contributed by atoms with E-state index >= 15 is 0 Å². The molecule has 0 radical (unpaired) electrons. The van der Waals surface area contributed by atoms with Crippen LogP contribution in [0.1, 0.15) is 12.0 Å². The summed E-state index contributed by atoms with van der Waals surface area (Å²) >= 11 is 0. The highest BCUT2D eigenvalue weighted by atomic mass is 16.5. The maximum absolute atomic E-state index is 10.6. The molecule has 1 aromatic rings. The van der Waals surface area contributed by atoms with Crippen LogP contribution >= 0.6 is 0 Å². The highest BCUT2D eigenvalue weighted by Crippen LogP contribution is 2.32. The van der Waals surface area contributed by atoms with Crippen LogP contribution in [0, 0.1) is 17.2 Å². The number of rotatable bonds is 4. The number of aliphatic carboxylic acids is 1. The molecule has 0 saturated carbocycles. The Morgan fingerprint density at radius 2 is 2.33 bits per heavy atom. The molecule has 1 fully saturated rings. The Balaban J connectivity index is 2.10. The van der Waals surface area contributed by atoms with Crippen molar-refractivity contribution in [1.29, 1.82) is 5.26 Å². The number of nitriles is 1. The molecular formula is C13H14N2O3. The lowest BCUT2D eigenvalue weighted by Gasteiger charge is -2.40. The topological polar surface area (TPSA) is 73.6 Å². The number of nitrogens with zero attached hydrogens (tertiary/aromatic N) is 2. The summed E-state index contributed by atoms with van der Waals surface area (Å²) < 4.78 is 5.13. The van der Waals surface area contributed by atoms with Crippen molar-refractivity contribution in [3.05, 3.63) is 23.8 Å². The van der Waals surface area contributed by atoms with Crippen LogP contribution in [0.4, 0.5) is 5.69 Å². The first-order valence-electron chi connectivity index (χ1n) is 5.69. The molecule has 0 aliphatic carbocycles. The van der Waals surface area contributed by atoms with Gasteiger partial charge in [-0.25, -0.2) is 0 Å². The van der Waals surface area contributed by atoms with Crippen molar-refractivity contribution in [2.45, 2.75) is 6.42 Å². The summed E-state index contributed by atoms with van der Waals surface area (Å²) in [6.45, 7) is 1.35. The van der Waals surface area contributed by atoms with Crippen LogP contribution in [0.15, 0.2) is 18.2 Å². The lowest BCUT2D eigenvalue weighted by Crippen LogP contribution is -2.47. The van der Waals surface area contributed by atoms with Gasteiger partial charge < -0.3 is 14.7 Å². The molecular weight excluding hydrogens is 232 g/mol. The van der Waals surface area contributed by atoms with Gasteiger partial charge in [-0.05, 0) is 12.1 Å². The van der Waals surface area contributed by atoms with E-state index in [-0.39, 0.29) is 12.3 Å². The van der Waals surface area contributed by atoms with Crippen molar-refractivity contribution in [2.75, 3.05) is 25.1 Å². The van der Waals surface area contributed by atoms with E-state index < -0.39 is 5.97 Å². The van der Waals surface area contributed by atoms with Crippen molar-refractivity contribution < 1.29 is 14.6 Å². The quantitative estimate of drug-likeness (QED) is 0.871. The number of anilines is 1. The van der Waals surface area contributed by atoms with E-state index in [4.69, 9.17) is 15.1 Å². The van der Waals surface area contributed by atoms with E-state index in [1.165, 1.54) is 0 Å². The Kier molecular flexibility index (Phi) is 3.38. The first-order chi connectivity index (χ1) is 8.63. The lowest BCUT2D eigenvalue weighted by atomic mass is 9.94. The molecule has 1 aromatic carbocycles. The summed E-state index contributed by atoms with van der Waals surface area (Å²) in [4.78, 5) is 12.6. The summed E-state index contributed by atoms with van der Waals surface area (Å²) in [6.07, 6.45) is 0.183. The molecule has 0 spiro atoms. The van der Waals surface area contributed by atoms with Gasteiger partial charge in [-0.3, -0.25) is 4.79 Å². The van der Waals surface area contributed by atoms with Crippen LogP contribution in [-0.2, 0) is 4.79 Å². The number of methoxy groups -OCH3 is 1. The standard InChI is InChI=1S/C13H14N2O3/c1-18-11-3-2-10(6-14)12(5-11)15-7-9(8-15)4-13(16)17/h2-3,5,9H,4,7-8H2,1H3,(H,16,17). The molecule has 0 atom stereocenters. The Morgan fingerprint density at radius 1 is 1.61 bits per heavy atom. The molecule has 5 heteroatoms. The maximum atomic E-state index is 10.6. The molecule has 0 amide bonds. The summed E-state index contributed by atoms with van der Waals surface area (Å²) in [5, 5.41) is 17.7. The van der Waals surface area contributed by atoms with Crippen LogP contribution in [-0.4, -0.2) is 31.3 Å². The number of hydrogen-bond donors (Lipinski definition) is 1. The first-order valence-corrected chi connectivity index (χ1v) is 5.69. The van der Waals surface area contributed by atoms with Gasteiger partial charge >= 0.3 is 5.97 Å². The highest BCUT2D eigenvalue weighted by Gasteiger charge is 2.30. The average molecular weight is 246 g/mol. The zero-order chi connectivity index (χ0) is 13.1. The highest BCUT2D eigenvalue weighted by molar-refractivity contribution is 5.69. The molecule has 18 heavy (non-hydrogen) atoms. The van der Waals surface area contributed by atoms with Crippen LogP contribution in [0.25, 0.3) is 0 Å². The largest absolute Gasteiger partial charge is 0.497 e. The van der Waals surface area contributed by atoms with E-state index in [2.05, 4.69) is 6.07 Å². The number of benzene rings is 1. The van der Waals surface area contributed by atoms with Gasteiger partial charge in [0, 0.05) is 25.1 Å². The minimum atomic E-state index is -0.772. The van der Waals surface area contributed by atoms with Gasteiger partial charge in [0.15, 0.2) is 0 Å². The fourth-order valence-electron chi connectivity index (χ4n) is 2.14. The number of ether oxygens (including phenoxy) is 1. The van der Waals surface area contributed by atoms with Crippen molar-refractivity contribution >= 4 is 11.7 Å². The van der Waals surface area contributed by atoms with Crippen LogP contribution in [0.2, 0.25) is 0 Å². The second-order valence-corrected chi connectivity index (χ2v) is 4.36. The van der Waals surface area contributed by atoms with Gasteiger partial charge in [0.25, 0.3) is 0 Å². The predicted octanol–water partition coefficient (Wildman–Crippen LogP) is 1.48. The average Bonchev–Trinajstić information content (AvgIpc) is 2.32. The van der Waals surface area contributed by atoms with Crippen LogP contribution in [0.5, 0.6) is 5.75 Å². The van der Waals surface area contributed by atoms with E-state index in [9.17, 15) is 4.79 Å². The normalized spacial score (nSPS) is 14.8. The van der Waals surface area contributed by atoms with E-state index in [0.717, 1.165) is 5.69 Å². The number of carboxylic acids is 1. The fourth-order valence-corrected chi connectivity index (χ4v) is 2.14. The van der Waals surface area contributed by atoms with E-state index in [1.807, 2.05) is 11.0 Å². The van der Waals surface area contributed by atoms with Gasteiger partial charge in [0.1, 0.15) is 11.8 Å². The third kappa shape index (κ3) is 2.38. The predicted molar refractivity (Wildman–Crippen MR) is 65.7 cm³/mol. The number of carbonyl (C=O) groups is 1. The number of hydrogen-bond acceptors (Lipinski definition) is 4. The third-order valence-electron chi connectivity index (χ3n) is 3.09. The summed E-state index contributed by atoms with van der Waals surface area (Å²) in [5.74, 6) is 0.0942. The smallest absolute Gasteiger partial charge is 0.303 e. The Bertz CT molecular complexity index is 501. The molecule has 0 aromatic heterocycles. The first kappa shape index (κ1) is 12.2. The van der Waals surface area contributed by atoms with E-state index in [1.54, 1.807) is 19.2 Å². The van der Waals surface area contributed by atoms with Gasteiger partial charge in [-0.15, -0.1) is 0 Å². The van der Waals surface area contributed by atoms with Crippen LogP contribution in [0.3, 0.4) is 0 Å². The zero-order valence-electron chi connectivity index (χ0n) is 10.1. The zero-order valence-corrected chi connectivity index (χ0v) is 10.1. The Morgan fingerprint density at radius 3 is 2.89 bits per heavy atom. The van der Waals surface area contributed by atoms with Crippen molar-refractivity contribution in [3.8, 4) is 11.8 Å². The number of carboxylic acid groups (broad SMARTS) is 1. The molecule has 0 bridgehead atoms. The minimum Gasteiger partial charge on any atom is -0.497 e. The molecule has 5 nitrogen and oxygen atoms in total. The lowest BCUT2D eigenvalue weighted by molar-refractivity contribution is -0.138. The van der Waals surface area contributed by atoms with Crippen molar-refractivity contribution in [1.82, 2.24) is 0 Å². The second kappa shape index (κ2) is 4.96. The van der Waals surface area contributed by atoms with Gasteiger partial charge in [-0.1, -0.05) is 0 Å². The van der Waals surface area contributed by atoms with Gasteiger partial charge in [0.2, 0.25) is 0 Å². The minimum absolute atomic E-state index is 0.167. The Hall–Kier alpha value is -2.22. The summed E-state index contributed by atoms with van der Waals surface area (Å²) in [7, 11) is 1.58. The fraction of sp³-hybridized carbons (Fsp3) is 0.385. The second-order valence-electron chi connectivity index (χ2n) is 4.36. The summed E-state index contributed by atoms with van der Waals surface area (Å²) in [5.41, 5.74) is 1.41. The summed E-state index contributed by atoms with van der Waals surface area (Å²) in [6, 6.07) is 7.42. The Labute approximate surface area is 105 Å². The van der Waals surface area contributed by atoms with Gasteiger partial charge in [0.05, 0.1) is 24.8 Å². The molecule has 1 aliphatic heterocycles. The molecule has 0 unspecified atom stereocenters. The molecule has 1 aliphatic rings. The van der Waals surface area contributed by atoms with Gasteiger partial charge in [-0.2, -0.15) is 5.26 Å². The SMILES string of the molecule is COc1ccc(C#N)c(N2CC(CC(=O)O)C2)c1. The monoisotopic (exact) mass is 246 g/mol. The molecule has 1 N–H and O–H groups in total. The molecule has 94 valence electrons. The third-order valence-corrected chi connectivity index (χ3v) is 3.09. The van der Waals surface area contributed by atoms with E-state index in [0.29, 0.717) is 24.4 Å². The van der Waals surface area contributed by atoms with Crippen molar-refractivity contribution in [2.24, 2.45) is 5.92 Å². The molecule has 2 rings (SSSR count). The molecule has 1 saturated heterocycles. The van der Waals surface area contributed by atoms with Crippen molar-refractivity contribution in [3.63, 3.8) is 0 Å². The maximum Gasteiger partial charge on any atom is 0.303 e. The molecule has 1 heterocycles.